The Hall–Kier alpha value is -0.700. The number of hydrogen-bond donors (Lipinski definition) is 0. The van der Waals surface area contributed by atoms with E-state index in [-0.39, 0.29) is 5.60 Å². The SMILES string of the molecule is COc1ccccc1OC(C)(C)CBr. The van der Waals surface area contributed by atoms with Crippen molar-refractivity contribution in [2.45, 2.75) is 19.4 Å². The molecule has 1 aromatic carbocycles. The van der Waals surface area contributed by atoms with Gasteiger partial charge in [0.05, 0.1) is 7.11 Å². The monoisotopic (exact) mass is 258 g/mol. The molecule has 3 heteroatoms. The second kappa shape index (κ2) is 4.69. The molecular formula is C11H15BrO2. The molecule has 78 valence electrons. The molecule has 0 radical (unpaired) electrons. The van der Waals surface area contributed by atoms with E-state index in [9.17, 15) is 0 Å². The van der Waals surface area contributed by atoms with Gasteiger partial charge in [0.15, 0.2) is 11.5 Å². The van der Waals surface area contributed by atoms with E-state index in [4.69, 9.17) is 9.47 Å². The molecule has 0 aliphatic rings. The molecule has 0 aromatic heterocycles. The Morgan fingerprint density at radius 3 is 2.29 bits per heavy atom. The fraction of sp³-hybridized carbons (Fsp3) is 0.455. The molecule has 0 bridgehead atoms. The van der Waals surface area contributed by atoms with Crippen molar-refractivity contribution in [1.82, 2.24) is 0 Å². The summed E-state index contributed by atoms with van der Waals surface area (Å²) >= 11 is 3.41. The maximum Gasteiger partial charge on any atom is 0.162 e. The predicted molar refractivity (Wildman–Crippen MR) is 61.5 cm³/mol. The highest BCUT2D eigenvalue weighted by Gasteiger charge is 2.19. The zero-order chi connectivity index (χ0) is 10.6. The van der Waals surface area contributed by atoms with Crippen molar-refractivity contribution in [2.24, 2.45) is 0 Å². The van der Waals surface area contributed by atoms with Gasteiger partial charge < -0.3 is 9.47 Å². The molecule has 0 saturated carbocycles. The van der Waals surface area contributed by atoms with Gasteiger partial charge in [0, 0.05) is 5.33 Å². The second-order valence-electron chi connectivity index (χ2n) is 3.65. The molecule has 0 spiro atoms. The van der Waals surface area contributed by atoms with Crippen LogP contribution in [0.4, 0.5) is 0 Å². The molecule has 14 heavy (non-hydrogen) atoms. The summed E-state index contributed by atoms with van der Waals surface area (Å²) in [6, 6.07) is 7.65. The number of alkyl halides is 1. The largest absolute Gasteiger partial charge is 0.493 e. The van der Waals surface area contributed by atoms with Crippen LogP contribution >= 0.6 is 15.9 Å². The molecule has 0 aliphatic heterocycles. The molecule has 0 N–H and O–H groups in total. The number of benzene rings is 1. The van der Waals surface area contributed by atoms with Gasteiger partial charge in [-0.05, 0) is 26.0 Å². The van der Waals surface area contributed by atoms with Gasteiger partial charge in [-0.3, -0.25) is 0 Å². The zero-order valence-corrected chi connectivity index (χ0v) is 10.3. The molecule has 1 aromatic rings. The standard InChI is InChI=1S/C11H15BrO2/c1-11(2,8-12)14-10-7-5-4-6-9(10)13-3/h4-7H,8H2,1-3H3. The van der Waals surface area contributed by atoms with E-state index in [1.807, 2.05) is 38.1 Å². The zero-order valence-electron chi connectivity index (χ0n) is 8.71. The lowest BCUT2D eigenvalue weighted by atomic mass is 10.2. The maximum atomic E-state index is 5.80. The first-order chi connectivity index (χ1) is 6.59. The first-order valence-electron chi connectivity index (χ1n) is 4.47. The van der Waals surface area contributed by atoms with Crippen LogP contribution in [0.15, 0.2) is 24.3 Å². The Morgan fingerprint density at radius 2 is 1.79 bits per heavy atom. The highest BCUT2D eigenvalue weighted by atomic mass is 79.9. The summed E-state index contributed by atoms with van der Waals surface area (Å²) in [6.45, 7) is 4.04. The average molecular weight is 259 g/mol. The van der Waals surface area contributed by atoms with Crippen molar-refractivity contribution in [1.29, 1.82) is 0 Å². The van der Waals surface area contributed by atoms with Gasteiger partial charge in [0.1, 0.15) is 5.60 Å². The predicted octanol–water partition coefficient (Wildman–Crippen LogP) is 3.25. The van der Waals surface area contributed by atoms with Gasteiger partial charge in [-0.25, -0.2) is 0 Å². The minimum absolute atomic E-state index is 0.228. The van der Waals surface area contributed by atoms with Crippen molar-refractivity contribution in [3.05, 3.63) is 24.3 Å². The first kappa shape index (κ1) is 11.4. The smallest absolute Gasteiger partial charge is 0.162 e. The van der Waals surface area contributed by atoms with Gasteiger partial charge in [-0.15, -0.1) is 0 Å². The van der Waals surface area contributed by atoms with E-state index >= 15 is 0 Å². The number of hydrogen-bond acceptors (Lipinski definition) is 2. The minimum atomic E-state index is -0.228. The van der Waals surface area contributed by atoms with Crippen LogP contribution in [0.1, 0.15) is 13.8 Å². The van der Waals surface area contributed by atoms with E-state index in [1.165, 1.54) is 0 Å². The fourth-order valence-electron chi connectivity index (χ4n) is 1.03. The van der Waals surface area contributed by atoms with E-state index < -0.39 is 0 Å². The topological polar surface area (TPSA) is 18.5 Å². The summed E-state index contributed by atoms with van der Waals surface area (Å²) in [5.74, 6) is 1.54. The van der Waals surface area contributed by atoms with E-state index in [1.54, 1.807) is 7.11 Å². The number of rotatable bonds is 4. The average Bonchev–Trinajstić information content (AvgIpc) is 2.18. The van der Waals surface area contributed by atoms with Crippen LogP contribution in [-0.4, -0.2) is 18.0 Å². The maximum absolute atomic E-state index is 5.80. The lowest BCUT2D eigenvalue weighted by Gasteiger charge is -2.24. The summed E-state index contributed by atoms with van der Waals surface area (Å²) < 4.78 is 11.0. The molecule has 0 unspecified atom stereocenters. The summed E-state index contributed by atoms with van der Waals surface area (Å²) in [4.78, 5) is 0. The van der Waals surface area contributed by atoms with E-state index in [2.05, 4.69) is 15.9 Å². The van der Waals surface area contributed by atoms with E-state index in [0.717, 1.165) is 16.8 Å². The Balaban J connectivity index is 2.85. The van der Waals surface area contributed by atoms with E-state index in [0.29, 0.717) is 0 Å². The normalized spacial score (nSPS) is 11.1. The van der Waals surface area contributed by atoms with Crippen LogP contribution in [0.25, 0.3) is 0 Å². The summed E-state index contributed by atoms with van der Waals surface area (Å²) in [6.07, 6.45) is 0. The van der Waals surface area contributed by atoms with Gasteiger partial charge >= 0.3 is 0 Å². The van der Waals surface area contributed by atoms with Crippen molar-refractivity contribution < 1.29 is 9.47 Å². The third kappa shape index (κ3) is 2.91. The highest BCUT2D eigenvalue weighted by Crippen LogP contribution is 2.29. The quantitative estimate of drug-likeness (QED) is 0.773. The third-order valence-electron chi connectivity index (χ3n) is 1.78. The highest BCUT2D eigenvalue weighted by molar-refractivity contribution is 9.09. The van der Waals surface area contributed by atoms with Gasteiger partial charge in [0.25, 0.3) is 0 Å². The third-order valence-corrected chi connectivity index (χ3v) is 3.13. The molecule has 0 heterocycles. The van der Waals surface area contributed by atoms with Crippen molar-refractivity contribution in [3.63, 3.8) is 0 Å². The van der Waals surface area contributed by atoms with Crippen LogP contribution < -0.4 is 9.47 Å². The molecule has 1 rings (SSSR count). The van der Waals surface area contributed by atoms with Gasteiger partial charge in [0.2, 0.25) is 0 Å². The van der Waals surface area contributed by atoms with Crippen LogP contribution in [0.5, 0.6) is 11.5 Å². The Morgan fingerprint density at radius 1 is 1.21 bits per heavy atom. The molecule has 0 fully saturated rings. The number of ether oxygens (including phenoxy) is 2. The van der Waals surface area contributed by atoms with Crippen LogP contribution in [0, 0.1) is 0 Å². The first-order valence-corrected chi connectivity index (χ1v) is 5.59. The Bertz CT molecular complexity index is 297. The molecule has 0 atom stereocenters. The van der Waals surface area contributed by atoms with Gasteiger partial charge in [-0.2, -0.15) is 0 Å². The van der Waals surface area contributed by atoms with Crippen LogP contribution in [0.2, 0.25) is 0 Å². The lowest BCUT2D eigenvalue weighted by molar-refractivity contribution is 0.132. The molecule has 0 amide bonds. The molecule has 0 aliphatic carbocycles. The number of para-hydroxylation sites is 2. The Kier molecular flexibility index (Phi) is 3.81. The van der Waals surface area contributed by atoms with Crippen molar-refractivity contribution in [3.8, 4) is 11.5 Å². The molecule has 2 nitrogen and oxygen atoms in total. The number of methoxy groups -OCH3 is 1. The van der Waals surface area contributed by atoms with Crippen LogP contribution in [-0.2, 0) is 0 Å². The fourth-order valence-corrected chi connectivity index (χ4v) is 1.14. The summed E-state index contributed by atoms with van der Waals surface area (Å²) in [7, 11) is 1.64. The molecule has 0 saturated heterocycles. The van der Waals surface area contributed by atoms with Gasteiger partial charge in [-0.1, -0.05) is 28.1 Å². The molecular weight excluding hydrogens is 244 g/mol. The summed E-state index contributed by atoms with van der Waals surface area (Å²) in [5, 5.41) is 0.776. The summed E-state index contributed by atoms with van der Waals surface area (Å²) in [5.41, 5.74) is -0.228. The lowest BCUT2D eigenvalue weighted by Crippen LogP contribution is -2.30. The minimum Gasteiger partial charge on any atom is -0.493 e. The Labute approximate surface area is 93.4 Å². The van der Waals surface area contributed by atoms with Crippen molar-refractivity contribution >= 4 is 15.9 Å². The van der Waals surface area contributed by atoms with Crippen LogP contribution in [0.3, 0.4) is 0 Å². The second-order valence-corrected chi connectivity index (χ2v) is 4.21. The number of halogens is 1. The van der Waals surface area contributed by atoms with Crippen molar-refractivity contribution in [2.75, 3.05) is 12.4 Å².